The number of halogens is 1. The molecule has 0 unspecified atom stereocenters. The van der Waals surface area contributed by atoms with Gasteiger partial charge in [0.2, 0.25) is 5.91 Å². The van der Waals surface area contributed by atoms with E-state index in [9.17, 15) is 18.8 Å². The van der Waals surface area contributed by atoms with Crippen molar-refractivity contribution in [2.45, 2.75) is 63.3 Å². The van der Waals surface area contributed by atoms with Gasteiger partial charge in [0.05, 0.1) is 6.42 Å². The zero-order chi connectivity index (χ0) is 22.7. The van der Waals surface area contributed by atoms with E-state index in [1.54, 1.807) is 13.0 Å². The van der Waals surface area contributed by atoms with Gasteiger partial charge in [-0.05, 0) is 50.3 Å². The van der Waals surface area contributed by atoms with Crippen molar-refractivity contribution in [3.05, 3.63) is 67.7 Å². The SMILES string of the molecule is Cc1[nH]c(=O)[nH]c(=O)c1CC(=O)NC1CCN(CC2(c3cccc(F)c3)CCCC2)CC1. The van der Waals surface area contributed by atoms with Crippen molar-refractivity contribution < 1.29 is 9.18 Å². The molecule has 8 heteroatoms. The first-order chi connectivity index (χ1) is 15.3. The molecule has 1 aliphatic carbocycles. The summed E-state index contributed by atoms with van der Waals surface area (Å²) in [4.78, 5) is 42.9. The van der Waals surface area contributed by atoms with Crippen LogP contribution >= 0.6 is 0 Å². The molecule has 1 aliphatic heterocycles. The average Bonchev–Trinajstić information content (AvgIpc) is 3.22. The molecule has 0 atom stereocenters. The summed E-state index contributed by atoms with van der Waals surface area (Å²) < 4.78 is 13.9. The highest BCUT2D eigenvalue weighted by atomic mass is 19.1. The third kappa shape index (κ3) is 5.01. The standard InChI is InChI=1S/C24H31FN4O3/c1-16-20(22(31)28-23(32)26-16)14-21(30)27-19-7-11-29(12-8-19)15-24(9-2-3-10-24)17-5-4-6-18(25)13-17/h4-6,13,19H,2-3,7-12,14-15H2,1H3,(H,27,30)(H2,26,28,31,32). The third-order valence-corrected chi connectivity index (χ3v) is 7.07. The monoisotopic (exact) mass is 442 g/mol. The number of aryl methyl sites for hydroxylation is 1. The molecule has 2 aliphatic rings. The zero-order valence-electron chi connectivity index (χ0n) is 18.5. The Labute approximate surface area is 186 Å². The molecule has 1 saturated heterocycles. The topological polar surface area (TPSA) is 98.1 Å². The second kappa shape index (κ2) is 9.40. The van der Waals surface area contributed by atoms with Gasteiger partial charge in [0.25, 0.3) is 5.56 Å². The fourth-order valence-corrected chi connectivity index (χ4v) is 5.35. The molecule has 1 amide bonds. The Balaban J connectivity index is 1.33. The van der Waals surface area contributed by atoms with Gasteiger partial charge in [-0.25, -0.2) is 9.18 Å². The lowest BCUT2D eigenvalue weighted by Gasteiger charge is -2.39. The molecule has 0 spiro atoms. The van der Waals surface area contributed by atoms with Crippen molar-refractivity contribution in [3.8, 4) is 0 Å². The molecule has 3 N–H and O–H groups in total. The van der Waals surface area contributed by atoms with Crippen LogP contribution in [0.2, 0.25) is 0 Å². The normalized spacial score (nSPS) is 19.2. The smallest absolute Gasteiger partial charge is 0.325 e. The Morgan fingerprint density at radius 3 is 2.56 bits per heavy atom. The van der Waals surface area contributed by atoms with Crippen LogP contribution in [0.3, 0.4) is 0 Å². The molecule has 172 valence electrons. The summed E-state index contributed by atoms with van der Waals surface area (Å²) in [6.45, 7) is 4.29. The number of piperidine rings is 1. The Hall–Kier alpha value is -2.74. The predicted octanol–water partition coefficient (Wildman–Crippen LogP) is 2.15. The van der Waals surface area contributed by atoms with Crippen LogP contribution in [0.25, 0.3) is 0 Å². The Morgan fingerprint density at radius 2 is 1.91 bits per heavy atom. The van der Waals surface area contributed by atoms with Gasteiger partial charge in [-0.15, -0.1) is 0 Å². The molecule has 4 rings (SSSR count). The lowest BCUT2D eigenvalue weighted by Crippen LogP contribution is -2.48. The second-order valence-electron chi connectivity index (χ2n) is 9.30. The highest BCUT2D eigenvalue weighted by molar-refractivity contribution is 5.79. The minimum Gasteiger partial charge on any atom is -0.353 e. The number of carbonyl (C=O) groups is 1. The highest BCUT2D eigenvalue weighted by Gasteiger charge is 2.38. The second-order valence-corrected chi connectivity index (χ2v) is 9.30. The number of aromatic amines is 2. The summed E-state index contributed by atoms with van der Waals surface area (Å²) in [6.07, 6.45) is 6.14. The maximum Gasteiger partial charge on any atom is 0.325 e. The van der Waals surface area contributed by atoms with Crippen LogP contribution < -0.4 is 16.6 Å². The summed E-state index contributed by atoms with van der Waals surface area (Å²) >= 11 is 0. The minimum absolute atomic E-state index is 0.0148. The predicted molar refractivity (Wildman–Crippen MR) is 120 cm³/mol. The lowest BCUT2D eigenvalue weighted by molar-refractivity contribution is -0.121. The van der Waals surface area contributed by atoms with Gasteiger partial charge in [-0.2, -0.15) is 0 Å². The Bertz CT molecular complexity index is 1080. The molecule has 2 heterocycles. The van der Waals surface area contributed by atoms with Crippen molar-refractivity contribution in [2.75, 3.05) is 19.6 Å². The van der Waals surface area contributed by atoms with Crippen molar-refractivity contribution in [1.82, 2.24) is 20.2 Å². The van der Waals surface area contributed by atoms with E-state index in [0.717, 1.165) is 50.9 Å². The number of aromatic nitrogens is 2. The number of nitrogens with one attached hydrogen (secondary N) is 3. The largest absolute Gasteiger partial charge is 0.353 e. The number of likely N-dealkylation sites (tertiary alicyclic amines) is 1. The molecule has 2 aromatic rings. The van der Waals surface area contributed by atoms with E-state index in [4.69, 9.17) is 0 Å². The summed E-state index contributed by atoms with van der Waals surface area (Å²) in [5.74, 6) is -0.386. The van der Waals surface area contributed by atoms with Gasteiger partial charge >= 0.3 is 5.69 Å². The molecule has 1 saturated carbocycles. The minimum atomic E-state index is -0.567. The van der Waals surface area contributed by atoms with Crippen LogP contribution in [0.1, 0.15) is 55.3 Å². The number of rotatable bonds is 6. The molecule has 7 nitrogen and oxygen atoms in total. The first-order valence-corrected chi connectivity index (χ1v) is 11.4. The molecule has 32 heavy (non-hydrogen) atoms. The quantitative estimate of drug-likeness (QED) is 0.639. The van der Waals surface area contributed by atoms with Gasteiger partial charge < -0.3 is 15.2 Å². The fourth-order valence-electron chi connectivity index (χ4n) is 5.35. The molecule has 0 bridgehead atoms. The third-order valence-electron chi connectivity index (χ3n) is 7.07. The van der Waals surface area contributed by atoms with Crippen molar-refractivity contribution >= 4 is 5.91 Å². The van der Waals surface area contributed by atoms with Crippen LogP contribution in [-0.4, -0.2) is 46.5 Å². The summed E-state index contributed by atoms with van der Waals surface area (Å²) in [6, 6.07) is 7.13. The maximum absolute atomic E-state index is 13.9. The Morgan fingerprint density at radius 1 is 1.19 bits per heavy atom. The highest BCUT2D eigenvalue weighted by Crippen LogP contribution is 2.42. The summed E-state index contributed by atoms with van der Waals surface area (Å²) in [5, 5.41) is 3.04. The van der Waals surface area contributed by atoms with Crippen molar-refractivity contribution in [3.63, 3.8) is 0 Å². The summed E-state index contributed by atoms with van der Waals surface area (Å²) in [7, 11) is 0. The van der Waals surface area contributed by atoms with E-state index in [1.165, 1.54) is 18.9 Å². The first kappa shape index (κ1) is 22.5. The van der Waals surface area contributed by atoms with Gasteiger partial charge in [-0.1, -0.05) is 25.0 Å². The summed E-state index contributed by atoms with van der Waals surface area (Å²) in [5.41, 5.74) is 0.742. The maximum atomic E-state index is 13.9. The molecular weight excluding hydrogens is 411 g/mol. The van der Waals surface area contributed by atoms with Crippen LogP contribution in [0, 0.1) is 12.7 Å². The molecular formula is C24H31FN4O3. The van der Waals surface area contributed by atoms with Gasteiger partial charge in [0, 0.05) is 42.3 Å². The van der Waals surface area contributed by atoms with Crippen LogP contribution in [0.15, 0.2) is 33.9 Å². The van der Waals surface area contributed by atoms with Gasteiger partial charge in [0.15, 0.2) is 0 Å². The first-order valence-electron chi connectivity index (χ1n) is 11.4. The van der Waals surface area contributed by atoms with E-state index in [-0.39, 0.29) is 35.2 Å². The van der Waals surface area contributed by atoms with Crippen LogP contribution in [0.4, 0.5) is 4.39 Å². The van der Waals surface area contributed by atoms with Crippen LogP contribution in [0.5, 0.6) is 0 Å². The van der Waals surface area contributed by atoms with E-state index in [2.05, 4.69) is 26.3 Å². The van der Waals surface area contributed by atoms with E-state index < -0.39 is 11.2 Å². The number of nitrogens with zero attached hydrogens (tertiary/aromatic N) is 1. The van der Waals surface area contributed by atoms with Gasteiger partial charge in [0.1, 0.15) is 5.82 Å². The van der Waals surface area contributed by atoms with E-state index >= 15 is 0 Å². The molecule has 1 aromatic heterocycles. The zero-order valence-corrected chi connectivity index (χ0v) is 18.5. The van der Waals surface area contributed by atoms with Gasteiger partial charge in [-0.3, -0.25) is 14.6 Å². The van der Waals surface area contributed by atoms with E-state index in [1.807, 2.05) is 6.07 Å². The molecule has 2 fully saturated rings. The number of hydrogen-bond acceptors (Lipinski definition) is 4. The number of carbonyl (C=O) groups excluding carboxylic acids is 1. The molecule has 0 radical (unpaired) electrons. The number of hydrogen-bond donors (Lipinski definition) is 3. The van der Waals surface area contributed by atoms with E-state index in [0.29, 0.717) is 5.69 Å². The number of amides is 1. The lowest BCUT2D eigenvalue weighted by atomic mass is 9.78. The average molecular weight is 443 g/mol. The number of benzene rings is 1. The molecule has 1 aromatic carbocycles. The Kier molecular flexibility index (Phi) is 6.60. The van der Waals surface area contributed by atoms with Crippen molar-refractivity contribution in [1.29, 1.82) is 0 Å². The number of H-pyrrole nitrogens is 2. The fraction of sp³-hybridized carbons (Fsp3) is 0.542. The van der Waals surface area contributed by atoms with Crippen LogP contribution in [-0.2, 0) is 16.6 Å². The van der Waals surface area contributed by atoms with Crippen molar-refractivity contribution in [2.24, 2.45) is 0 Å².